The standard InChI is InChI=1S/C13H18F2N4OS.2ClH/c1-9-7-21-12(17-9)19-4-2-18(3-5-19)11(20)10-6-13(14,15)8-16-10;;/h7,10,16H,2-6,8H2,1H3;2*1H. The molecule has 2 aliphatic heterocycles. The second kappa shape index (κ2) is 7.92. The fourth-order valence-electron chi connectivity index (χ4n) is 2.72. The number of thiazole rings is 1. The molecule has 10 heteroatoms. The van der Waals surface area contributed by atoms with E-state index in [0.29, 0.717) is 26.2 Å². The first kappa shape index (κ1) is 20.3. The van der Waals surface area contributed by atoms with Crippen LogP contribution in [0.3, 0.4) is 0 Å². The maximum Gasteiger partial charge on any atom is 0.262 e. The van der Waals surface area contributed by atoms with Crippen molar-refractivity contribution in [2.45, 2.75) is 25.3 Å². The van der Waals surface area contributed by atoms with Crippen molar-refractivity contribution in [2.24, 2.45) is 0 Å². The lowest BCUT2D eigenvalue weighted by atomic mass is 10.1. The van der Waals surface area contributed by atoms with Crippen LogP contribution in [0.2, 0.25) is 0 Å². The highest BCUT2D eigenvalue weighted by molar-refractivity contribution is 7.13. The molecular weight excluding hydrogens is 369 g/mol. The van der Waals surface area contributed by atoms with E-state index in [1.165, 1.54) is 0 Å². The van der Waals surface area contributed by atoms with Crippen LogP contribution in [0, 0.1) is 6.92 Å². The summed E-state index contributed by atoms with van der Waals surface area (Å²) in [5.74, 6) is -2.97. The molecule has 3 rings (SSSR count). The van der Waals surface area contributed by atoms with Crippen LogP contribution in [0.5, 0.6) is 0 Å². The van der Waals surface area contributed by atoms with Crippen LogP contribution in [0.15, 0.2) is 5.38 Å². The number of nitrogens with zero attached hydrogens (tertiary/aromatic N) is 3. The maximum absolute atomic E-state index is 13.2. The molecule has 0 aromatic carbocycles. The van der Waals surface area contributed by atoms with Gasteiger partial charge in [-0.2, -0.15) is 0 Å². The summed E-state index contributed by atoms with van der Waals surface area (Å²) in [5, 5.41) is 5.59. The lowest BCUT2D eigenvalue weighted by molar-refractivity contribution is -0.134. The Labute approximate surface area is 150 Å². The molecule has 5 nitrogen and oxygen atoms in total. The van der Waals surface area contributed by atoms with Crippen molar-refractivity contribution in [3.63, 3.8) is 0 Å². The number of carbonyl (C=O) groups excluding carboxylic acids is 1. The van der Waals surface area contributed by atoms with Crippen LogP contribution in [0.4, 0.5) is 13.9 Å². The second-order valence-electron chi connectivity index (χ2n) is 5.58. The van der Waals surface area contributed by atoms with E-state index in [1.54, 1.807) is 16.2 Å². The van der Waals surface area contributed by atoms with Gasteiger partial charge in [0.05, 0.1) is 18.3 Å². The number of anilines is 1. The summed E-state index contributed by atoms with van der Waals surface area (Å²) in [4.78, 5) is 20.5. The van der Waals surface area contributed by atoms with Crippen LogP contribution in [0.1, 0.15) is 12.1 Å². The predicted octanol–water partition coefficient (Wildman–Crippen LogP) is 1.94. The molecule has 1 N–H and O–H groups in total. The summed E-state index contributed by atoms with van der Waals surface area (Å²) in [6.07, 6.45) is -0.391. The molecule has 132 valence electrons. The van der Waals surface area contributed by atoms with Crippen LogP contribution < -0.4 is 10.2 Å². The van der Waals surface area contributed by atoms with Gasteiger partial charge >= 0.3 is 0 Å². The van der Waals surface area contributed by atoms with E-state index < -0.39 is 24.9 Å². The number of piperazine rings is 1. The Morgan fingerprint density at radius 3 is 2.48 bits per heavy atom. The summed E-state index contributed by atoms with van der Waals surface area (Å²) in [7, 11) is 0. The fraction of sp³-hybridized carbons (Fsp3) is 0.692. The minimum Gasteiger partial charge on any atom is -0.345 e. The third-order valence-corrected chi connectivity index (χ3v) is 4.90. The molecule has 2 fully saturated rings. The summed E-state index contributed by atoms with van der Waals surface area (Å²) in [6, 6.07) is -0.742. The molecule has 1 aromatic rings. The Hall–Kier alpha value is -0.700. The molecule has 0 radical (unpaired) electrons. The molecule has 0 spiro atoms. The van der Waals surface area contributed by atoms with Gasteiger partial charge in [0.1, 0.15) is 0 Å². The minimum atomic E-state index is -2.76. The van der Waals surface area contributed by atoms with Gasteiger partial charge in [-0.05, 0) is 6.92 Å². The molecule has 1 unspecified atom stereocenters. The highest BCUT2D eigenvalue weighted by Gasteiger charge is 2.43. The number of hydrogen-bond donors (Lipinski definition) is 1. The molecular formula is C13H20Cl2F2N4OS. The molecule has 2 aliphatic rings. The van der Waals surface area contributed by atoms with E-state index >= 15 is 0 Å². The third kappa shape index (κ3) is 4.65. The molecule has 0 bridgehead atoms. The predicted molar refractivity (Wildman–Crippen MR) is 91.5 cm³/mol. The number of rotatable bonds is 2. The first-order valence-electron chi connectivity index (χ1n) is 7.02. The molecule has 0 aliphatic carbocycles. The van der Waals surface area contributed by atoms with Crippen molar-refractivity contribution in [1.29, 1.82) is 0 Å². The Balaban J connectivity index is 0.00000132. The average molecular weight is 389 g/mol. The van der Waals surface area contributed by atoms with Gasteiger partial charge < -0.3 is 9.80 Å². The van der Waals surface area contributed by atoms with Crippen molar-refractivity contribution in [3.05, 3.63) is 11.1 Å². The number of halogens is 4. The average Bonchev–Trinajstić information content (AvgIpc) is 3.04. The minimum absolute atomic E-state index is 0. The highest BCUT2D eigenvalue weighted by atomic mass is 35.5. The fourth-order valence-corrected chi connectivity index (χ4v) is 3.57. The van der Waals surface area contributed by atoms with Crippen LogP contribution in [-0.4, -0.2) is 60.5 Å². The van der Waals surface area contributed by atoms with E-state index in [-0.39, 0.29) is 30.7 Å². The number of nitrogens with one attached hydrogen (secondary N) is 1. The van der Waals surface area contributed by atoms with Gasteiger partial charge in [0.2, 0.25) is 5.91 Å². The number of alkyl halides is 2. The molecule has 23 heavy (non-hydrogen) atoms. The molecule has 1 amide bonds. The van der Waals surface area contributed by atoms with Crippen molar-refractivity contribution >= 4 is 47.2 Å². The Morgan fingerprint density at radius 2 is 2.00 bits per heavy atom. The van der Waals surface area contributed by atoms with Gasteiger partial charge in [0.25, 0.3) is 5.92 Å². The van der Waals surface area contributed by atoms with Crippen molar-refractivity contribution in [3.8, 4) is 0 Å². The van der Waals surface area contributed by atoms with Crippen LogP contribution in [0.25, 0.3) is 0 Å². The number of amides is 1. The van der Waals surface area contributed by atoms with Gasteiger partial charge in [0, 0.05) is 38.0 Å². The Bertz CT molecular complexity index is 538. The van der Waals surface area contributed by atoms with E-state index in [9.17, 15) is 13.6 Å². The normalized spacial score (nSPS) is 23.2. The molecule has 1 atom stereocenters. The largest absolute Gasteiger partial charge is 0.345 e. The molecule has 3 heterocycles. The van der Waals surface area contributed by atoms with Crippen LogP contribution >= 0.6 is 36.2 Å². The van der Waals surface area contributed by atoms with E-state index in [2.05, 4.69) is 15.2 Å². The number of aryl methyl sites for hydroxylation is 1. The zero-order valence-electron chi connectivity index (χ0n) is 12.6. The zero-order chi connectivity index (χ0) is 15.0. The quantitative estimate of drug-likeness (QED) is 0.840. The van der Waals surface area contributed by atoms with Gasteiger partial charge in [-0.25, -0.2) is 13.8 Å². The molecule has 0 saturated carbocycles. The first-order valence-corrected chi connectivity index (χ1v) is 7.90. The van der Waals surface area contributed by atoms with E-state index in [4.69, 9.17) is 0 Å². The zero-order valence-corrected chi connectivity index (χ0v) is 15.1. The Kier molecular flexibility index (Phi) is 7.00. The Morgan fingerprint density at radius 1 is 1.35 bits per heavy atom. The molecule has 2 saturated heterocycles. The topological polar surface area (TPSA) is 48.5 Å². The summed E-state index contributed by atoms with van der Waals surface area (Å²) in [5.41, 5.74) is 0.992. The maximum atomic E-state index is 13.2. The van der Waals surface area contributed by atoms with Gasteiger partial charge in [-0.15, -0.1) is 36.2 Å². The lowest BCUT2D eigenvalue weighted by Gasteiger charge is -2.35. The number of carbonyl (C=O) groups is 1. The SMILES string of the molecule is Cc1csc(N2CCN(C(=O)C3CC(F)(F)CN3)CC2)n1.Cl.Cl. The number of hydrogen-bond acceptors (Lipinski definition) is 5. The third-order valence-electron chi connectivity index (χ3n) is 3.88. The van der Waals surface area contributed by atoms with Crippen molar-refractivity contribution in [1.82, 2.24) is 15.2 Å². The lowest BCUT2D eigenvalue weighted by Crippen LogP contribution is -2.53. The molecule has 1 aromatic heterocycles. The monoisotopic (exact) mass is 388 g/mol. The van der Waals surface area contributed by atoms with Gasteiger partial charge in [0.15, 0.2) is 5.13 Å². The highest BCUT2D eigenvalue weighted by Crippen LogP contribution is 2.27. The van der Waals surface area contributed by atoms with Gasteiger partial charge in [-0.1, -0.05) is 0 Å². The van der Waals surface area contributed by atoms with Crippen molar-refractivity contribution < 1.29 is 13.6 Å². The van der Waals surface area contributed by atoms with Gasteiger partial charge in [-0.3, -0.25) is 10.1 Å². The van der Waals surface area contributed by atoms with Crippen LogP contribution in [-0.2, 0) is 4.79 Å². The van der Waals surface area contributed by atoms with E-state index in [1.807, 2.05) is 12.3 Å². The first-order chi connectivity index (χ1) is 9.94. The smallest absolute Gasteiger partial charge is 0.262 e. The summed E-state index contributed by atoms with van der Waals surface area (Å²) < 4.78 is 26.3. The van der Waals surface area contributed by atoms with Crippen molar-refractivity contribution in [2.75, 3.05) is 37.6 Å². The number of aromatic nitrogens is 1. The summed E-state index contributed by atoms with van der Waals surface area (Å²) in [6.45, 7) is 4.06. The summed E-state index contributed by atoms with van der Waals surface area (Å²) >= 11 is 1.59. The van der Waals surface area contributed by atoms with E-state index in [0.717, 1.165) is 10.8 Å². The second-order valence-corrected chi connectivity index (χ2v) is 6.41.